The van der Waals surface area contributed by atoms with Crippen molar-refractivity contribution >= 4 is 17.5 Å². The maximum atomic E-state index is 12.9. The summed E-state index contributed by atoms with van der Waals surface area (Å²) in [6, 6.07) is 4.76. The molecule has 3 unspecified atom stereocenters. The molecule has 3 aliphatic carbocycles. The predicted octanol–water partition coefficient (Wildman–Crippen LogP) is 2.06. The van der Waals surface area contributed by atoms with Crippen LogP contribution in [0.1, 0.15) is 28.8 Å². The van der Waals surface area contributed by atoms with Crippen LogP contribution in [-0.4, -0.2) is 38.0 Å². The van der Waals surface area contributed by atoms with E-state index < -0.39 is 46.5 Å². The SMILES string of the molecule is O=C(O)C1=C(O)CC2CC3Cc4cccc(O)c4C(=O)C3=C(O)C2C1=O. The molecule has 0 fully saturated rings. The third kappa shape index (κ3) is 2.09. The lowest BCUT2D eigenvalue weighted by atomic mass is 9.62. The summed E-state index contributed by atoms with van der Waals surface area (Å²) in [5, 5.41) is 39.9. The Morgan fingerprint density at radius 1 is 1.08 bits per heavy atom. The zero-order chi connectivity index (χ0) is 18.7. The van der Waals surface area contributed by atoms with Gasteiger partial charge in [0.2, 0.25) is 0 Å². The van der Waals surface area contributed by atoms with Gasteiger partial charge >= 0.3 is 5.97 Å². The van der Waals surface area contributed by atoms with E-state index in [4.69, 9.17) is 0 Å². The number of ketones is 2. The number of carbonyl (C=O) groups is 3. The molecule has 0 bridgehead atoms. The molecule has 1 aromatic rings. The number of Topliss-reactive ketones (excluding diaryl/α,β-unsaturated/α-hetero) is 2. The lowest BCUT2D eigenvalue weighted by molar-refractivity contribution is -0.136. The number of phenolic OH excluding ortho intramolecular Hbond substituents is 1. The molecule has 0 heterocycles. The second kappa shape index (κ2) is 5.45. The quantitative estimate of drug-likeness (QED) is 0.566. The second-order valence-electron chi connectivity index (χ2n) is 7.01. The summed E-state index contributed by atoms with van der Waals surface area (Å²) < 4.78 is 0. The van der Waals surface area contributed by atoms with Crippen LogP contribution in [0.2, 0.25) is 0 Å². The first-order valence-electron chi connectivity index (χ1n) is 8.29. The largest absolute Gasteiger partial charge is 0.511 e. The van der Waals surface area contributed by atoms with Crippen LogP contribution in [0, 0.1) is 17.8 Å². The minimum Gasteiger partial charge on any atom is -0.511 e. The third-order valence-electron chi connectivity index (χ3n) is 5.59. The molecule has 0 saturated heterocycles. The monoisotopic (exact) mass is 356 g/mol. The maximum Gasteiger partial charge on any atom is 0.342 e. The van der Waals surface area contributed by atoms with Gasteiger partial charge in [-0.15, -0.1) is 0 Å². The highest BCUT2D eigenvalue weighted by molar-refractivity contribution is 6.20. The molecule has 0 aliphatic heterocycles. The number of carboxylic acids is 1. The third-order valence-corrected chi connectivity index (χ3v) is 5.59. The van der Waals surface area contributed by atoms with Crippen LogP contribution in [0.5, 0.6) is 5.75 Å². The molecular formula is C19H16O7. The van der Waals surface area contributed by atoms with Crippen molar-refractivity contribution in [2.75, 3.05) is 0 Å². The smallest absolute Gasteiger partial charge is 0.342 e. The van der Waals surface area contributed by atoms with Gasteiger partial charge in [0.1, 0.15) is 22.8 Å². The number of aromatic hydroxyl groups is 1. The summed E-state index contributed by atoms with van der Waals surface area (Å²) in [5.41, 5.74) is 0.120. The minimum atomic E-state index is -1.55. The number of rotatable bonds is 1. The Labute approximate surface area is 147 Å². The molecule has 3 atom stereocenters. The summed E-state index contributed by atoms with van der Waals surface area (Å²) >= 11 is 0. The Morgan fingerprint density at radius 3 is 2.50 bits per heavy atom. The molecule has 0 spiro atoms. The van der Waals surface area contributed by atoms with Crippen molar-refractivity contribution in [2.45, 2.75) is 19.3 Å². The average Bonchev–Trinajstić information content (AvgIpc) is 2.53. The van der Waals surface area contributed by atoms with E-state index in [-0.39, 0.29) is 29.2 Å². The summed E-state index contributed by atoms with van der Waals surface area (Å²) in [6.07, 6.45) is 0.753. The van der Waals surface area contributed by atoms with E-state index in [1.54, 1.807) is 12.1 Å². The average molecular weight is 356 g/mol. The van der Waals surface area contributed by atoms with Gasteiger partial charge in [0.05, 0.1) is 11.5 Å². The van der Waals surface area contributed by atoms with Gasteiger partial charge in [0.25, 0.3) is 0 Å². The summed E-state index contributed by atoms with van der Waals surface area (Å²) in [4.78, 5) is 36.7. The highest BCUT2D eigenvalue weighted by Crippen LogP contribution is 2.49. The summed E-state index contributed by atoms with van der Waals surface area (Å²) in [7, 11) is 0. The summed E-state index contributed by atoms with van der Waals surface area (Å²) in [6.45, 7) is 0. The van der Waals surface area contributed by atoms with E-state index in [1.807, 2.05) is 0 Å². The lowest BCUT2D eigenvalue weighted by Crippen LogP contribution is -2.42. The minimum absolute atomic E-state index is 0.0348. The number of carbonyl (C=O) groups excluding carboxylic acids is 2. The molecular weight excluding hydrogens is 340 g/mol. The number of phenols is 1. The fourth-order valence-corrected chi connectivity index (χ4v) is 4.54. The molecule has 1 aromatic carbocycles. The number of aliphatic hydroxyl groups excluding tert-OH is 2. The Kier molecular flexibility index (Phi) is 3.44. The molecule has 0 saturated carbocycles. The molecule has 0 radical (unpaired) electrons. The number of carboxylic acid groups (broad SMARTS) is 1. The summed E-state index contributed by atoms with van der Waals surface area (Å²) in [5.74, 6) is -6.03. The van der Waals surface area contributed by atoms with Crippen molar-refractivity contribution < 1.29 is 34.8 Å². The second-order valence-corrected chi connectivity index (χ2v) is 7.01. The highest BCUT2D eigenvalue weighted by Gasteiger charge is 2.50. The van der Waals surface area contributed by atoms with Crippen LogP contribution < -0.4 is 0 Å². The zero-order valence-electron chi connectivity index (χ0n) is 13.6. The first kappa shape index (κ1) is 16.4. The number of hydrogen-bond donors (Lipinski definition) is 4. The fraction of sp³-hybridized carbons (Fsp3) is 0.316. The van der Waals surface area contributed by atoms with E-state index in [0.29, 0.717) is 18.4 Å². The molecule has 7 nitrogen and oxygen atoms in total. The van der Waals surface area contributed by atoms with Crippen molar-refractivity contribution in [3.8, 4) is 5.75 Å². The van der Waals surface area contributed by atoms with Crippen LogP contribution in [0.25, 0.3) is 0 Å². The Morgan fingerprint density at radius 2 is 1.81 bits per heavy atom. The normalized spacial score (nSPS) is 27.8. The van der Waals surface area contributed by atoms with E-state index in [1.165, 1.54) is 6.07 Å². The number of benzene rings is 1. The Balaban J connectivity index is 1.85. The van der Waals surface area contributed by atoms with Crippen molar-refractivity contribution in [3.05, 3.63) is 52.0 Å². The highest BCUT2D eigenvalue weighted by atomic mass is 16.4. The van der Waals surface area contributed by atoms with Gasteiger partial charge in [-0.05, 0) is 36.3 Å². The zero-order valence-corrected chi connectivity index (χ0v) is 13.6. The van der Waals surface area contributed by atoms with Crippen molar-refractivity contribution in [1.82, 2.24) is 0 Å². The molecule has 0 amide bonds. The number of fused-ring (bicyclic) bond motifs is 3. The van der Waals surface area contributed by atoms with Gasteiger partial charge in [-0.3, -0.25) is 9.59 Å². The van der Waals surface area contributed by atoms with Crippen LogP contribution >= 0.6 is 0 Å². The molecule has 0 aromatic heterocycles. The lowest BCUT2D eigenvalue weighted by Gasteiger charge is -2.40. The molecule has 26 heavy (non-hydrogen) atoms. The van der Waals surface area contributed by atoms with E-state index in [0.717, 1.165) is 0 Å². The van der Waals surface area contributed by atoms with Crippen molar-refractivity contribution in [1.29, 1.82) is 0 Å². The molecule has 4 rings (SSSR count). The van der Waals surface area contributed by atoms with Gasteiger partial charge in [-0.1, -0.05) is 12.1 Å². The molecule has 134 valence electrons. The van der Waals surface area contributed by atoms with Crippen molar-refractivity contribution in [2.24, 2.45) is 17.8 Å². The number of aliphatic hydroxyl groups is 2. The predicted molar refractivity (Wildman–Crippen MR) is 87.8 cm³/mol. The van der Waals surface area contributed by atoms with E-state index in [9.17, 15) is 34.8 Å². The van der Waals surface area contributed by atoms with Crippen LogP contribution in [0.4, 0.5) is 0 Å². The molecule has 7 heteroatoms. The van der Waals surface area contributed by atoms with Gasteiger partial charge in [0, 0.05) is 12.0 Å². The van der Waals surface area contributed by atoms with Crippen LogP contribution in [0.3, 0.4) is 0 Å². The number of hydrogen-bond acceptors (Lipinski definition) is 6. The van der Waals surface area contributed by atoms with Gasteiger partial charge in [-0.25, -0.2) is 4.79 Å². The standard InChI is InChI=1S/C19H16O7/c20-10-3-1-2-7-4-8-5-9-6-11(21)15(19(25)26)18(24)14(9)17(23)13(8)16(22)12(7)10/h1-3,8-9,14,20-21,23H,4-6H2,(H,25,26). The number of allylic oxidation sites excluding steroid dienone is 3. The Hall–Kier alpha value is -3.09. The number of aliphatic carboxylic acids is 1. The van der Waals surface area contributed by atoms with E-state index in [2.05, 4.69) is 0 Å². The van der Waals surface area contributed by atoms with Gasteiger partial charge in [-0.2, -0.15) is 0 Å². The van der Waals surface area contributed by atoms with Gasteiger partial charge < -0.3 is 20.4 Å². The fourth-order valence-electron chi connectivity index (χ4n) is 4.54. The van der Waals surface area contributed by atoms with Gasteiger partial charge in [0.15, 0.2) is 11.6 Å². The van der Waals surface area contributed by atoms with Crippen LogP contribution in [-0.2, 0) is 16.0 Å². The van der Waals surface area contributed by atoms with E-state index >= 15 is 0 Å². The van der Waals surface area contributed by atoms with Crippen LogP contribution in [0.15, 0.2) is 40.9 Å². The molecule has 3 aliphatic rings. The maximum absolute atomic E-state index is 12.9. The first-order chi connectivity index (χ1) is 12.3. The molecule has 4 N–H and O–H groups in total. The Bertz CT molecular complexity index is 937. The first-order valence-corrected chi connectivity index (χ1v) is 8.29. The topological polar surface area (TPSA) is 132 Å². The van der Waals surface area contributed by atoms with Crippen molar-refractivity contribution in [3.63, 3.8) is 0 Å².